The Labute approximate surface area is 149 Å². The van der Waals surface area contributed by atoms with Crippen LogP contribution in [-0.2, 0) is 6.42 Å². The molecule has 5 nitrogen and oxygen atoms in total. The zero-order valence-electron chi connectivity index (χ0n) is 13.5. The Morgan fingerprint density at radius 2 is 2.00 bits per heavy atom. The van der Waals surface area contributed by atoms with E-state index in [1.807, 2.05) is 19.1 Å². The number of benzene rings is 1. The van der Waals surface area contributed by atoms with Crippen LogP contribution in [0.3, 0.4) is 0 Å². The molecule has 7 heteroatoms. The summed E-state index contributed by atoms with van der Waals surface area (Å²) in [6, 6.07) is 8.06. The number of aromatic nitrogens is 3. The van der Waals surface area contributed by atoms with Crippen LogP contribution >= 0.6 is 22.9 Å². The van der Waals surface area contributed by atoms with Crippen LogP contribution in [-0.4, -0.2) is 32.8 Å². The van der Waals surface area contributed by atoms with E-state index in [0.29, 0.717) is 0 Å². The number of halogens is 1. The Kier molecular flexibility index (Phi) is 4.20. The third-order valence-corrected chi connectivity index (χ3v) is 6.02. The molecule has 3 heterocycles. The van der Waals surface area contributed by atoms with Crippen molar-refractivity contribution in [2.45, 2.75) is 32.2 Å². The van der Waals surface area contributed by atoms with Crippen molar-refractivity contribution in [3.63, 3.8) is 0 Å². The van der Waals surface area contributed by atoms with Crippen molar-refractivity contribution in [3.8, 4) is 5.88 Å². The second-order valence-corrected chi connectivity index (χ2v) is 7.66. The predicted molar refractivity (Wildman–Crippen MR) is 95.1 cm³/mol. The monoisotopic (exact) mass is 363 g/mol. The summed E-state index contributed by atoms with van der Waals surface area (Å²) in [5.74, 6) is 0.987. The van der Waals surface area contributed by atoms with Crippen LogP contribution in [0, 0.1) is 0 Å². The smallest absolute Gasteiger partial charge is 0.235 e. The Morgan fingerprint density at radius 1 is 1.29 bits per heavy atom. The summed E-state index contributed by atoms with van der Waals surface area (Å²) in [7, 11) is 0. The zero-order valence-corrected chi connectivity index (χ0v) is 15.1. The van der Waals surface area contributed by atoms with E-state index >= 15 is 0 Å². The third kappa shape index (κ3) is 2.68. The number of thiazole rings is 1. The van der Waals surface area contributed by atoms with Crippen molar-refractivity contribution in [2.75, 3.05) is 13.1 Å². The molecule has 3 aromatic rings. The highest BCUT2D eigenvalue weighted by Crippen LogP contribution is 2.35. The van der Waals surface area contributed by atoms with Gasteiger partial charge in [-0.05, 0) is 12.1 Å². The van der Waals surface area contributed by atoms with Gasteiger partial charge >= 0.3 is 0 Å². The number of nitrogens with zero attached hydrogens (tertiary/aromatic N) is 3. The van der Waals surface area contributed by atoms with Gasteiger partial charge in [-0.2, -0.15) is 4.52 Å². The average molecular weight is 364 g/mol. The molecule has 2 N–H and O–H groups in total. The first-order chi connectivity index (χ1) is 11.7. The molecular formula is C17H20ClN4OS+. The molecule has 24 heavy (non-hydrogen) atoms. The fourth-order valence-electron chi connectivity index (χ4n) is 3.47. The van der Waals surface area contributed by atoms with E-state index in [2.05, 4.69) is 22.2 Å². The number of quaternary nitrogens is 1. The van der Waals surface area contributed by atoms with Gasteiger partial charge in [-0.25, -0.2) is 4.98 Å². The molecule has 1 aliphatic rings. The lowest BCUT2D eigenvalue weighted by atomic mass is 10.0. The van der Waals surface area contributed by atoms with E-state index in [1.165, 1.54) is 34.6 Å². The lowest BCUT2D eigenvalue weighted by molar-refractivity contribution is -0.913. The number of hydrogen-bond donors (Lipinski definition) is 2. The molecule has 2 aromatic heterocycles. The molecule has 0 saturated carbocycles. The summed E-state index contributed by atoms with van der Waals surface area (Å²) in [5, 5.41) is 15.9. The van der Waals surface area contributed by atoms with Crippen LogP contribution in [0.5, 0.6) is 5.88 Å². The maximum absolute atomic E-state index is 10.8. The van der Waals surface area contributed by atoms with E-state index in [9.17, 15) is 5.11 Å². The first-order valence-corrected chi connectivity index (χ1v) is 9.54. The maximum atomic E-state index is 10.8. The van der Waals surface area contributed by atoms with Crippen LogP contribution in [0.1, 0.15) is 42.1 Å². The molecule has 4 rings (SSSR count). The molecule has 1 aromatic carbocycles. The Morgan fingerprint density at radius 3 is 2.62 bits per heavy atom. The van der Waals surface area contributed by atoms with Crippen LogP contribution in [0.25, 0.3) is 4.96 Å². The minimum atomic E-state index is 0.100. The van der Waals surface area contributed by atoms with Crippen molar-refractivity contribution < 1.29 is 10.0 Å². The van der Waals surface area contributed by atoms with Crippen molar-refractivity contribution in [1.82, 2.24) is 14.6 Å². The molecule has 0 unspecified atom stereocenters. The van der Waals surface area contributed by atoms with Gasteiger partial charge < -0.3 is 10.0 Å². The molecule has 0 aliphatic carbocycles. The summed E-state index contributed by atoms with van der Waals surface area (Å²) in [5.41, 5.74) is 1.17. The van der Waals surface area contributed by atoms with Gasteiger partial charge in [0.05, 0.1) is 13.1 Å². The largest absolute Gasteiger partial charge is 0.492 e. The summed E-state index contributed by atoms with van der Waals surface area (Å²) in [4.78, 5) is 7.69. The van der Waals surface area contributed by atoms with Crippen LogP contribution in [0.15, 0.2) is 24.3 Å². The van der Waals surface area contributed by atoms with Gasteiger partial charge in [0.1, 0.15) is 4.88 Å². The Balaban J connectivity index is 1.82. The van der Waals surface area contributed by atoms with Gasteiger partial charge in [0, 0.05) is 29.8 Å². The number of aromatic hydroxyl groups is 1. The Bertz CT molecular complexity index is 851. The fourth-order valence-corrected chi connectivity index (χ4v) is 4.76. The molecule has 1 fully saturated rings. The minimum Gasteiger partial charge on any atom is -0.492 e. The van der Waals surface area contributed by atoms with Crippen LogP contribution < -0.4 is 4.90 Å². The van der Waals surface area contributed by atoms with E-state index in [1.54, 1.807) is 4.52 Å². The summed E-state index contributed by atoms with van der Waals surface area (Å²) in [6.45, 7) is 4.24. The second-order valence-electron chi connectivity index (χ2n) is 6.22. The SMILES string of the molecule is CCc1nc2sc([C@H](c3ccc(Cl)cc3)[NH+]3CCCC3)c(O)n2n1. The van der Waals surface area contributed by atoms with Gasteiger partial charge in [-0.3, -0.25) is 0 Å². The predicted octanol–water partition coefficient (Wildman–Crippen LogP) is 2.48. The number of hydrogen-bond acceptors (Lipinski definition) is 4. The summed E-state index contributed by atoms with van der Waals surface area (Å²) >= 11 is 7.60. The zero-order chi connectivity index (χ0) is 16.7. The standard InChI is InChI=1S/C17H19ClN4OS/c1-2-13-19-17-22(20-13)16(23)15(24-17)14(21-9-3-4-10-21)11-5-7-12(18)8-6-11/h5-8,14,23H,2-4,9-10H2,1H3/p+1/t14-/m0/s1. The minimum absolute atomic E-state index is 0.100. The molecule has 0 spiro atoms. The van der Waals surface area contributed by atoms with Crippen molar-refractivity contribution in [2.24, 2.45) is 0 Å². The lowest BCUT2D eigenvalue weighted by Gasteiger charge is -2.24. The molecule has 1 saturated heterocycles. The number of fused-ring (bicyclic) bond motifs is 1. The molecule has 0 radical (unpaired) electrons. The second kappa shape index (κ2) is 6.35. The Hall–Kier alpha value is -1.63. The first-order valence-electron chi connectivity index (χ1n) is 8.34. The molecule has 1 aliphatic heterocycles. The normalized spacial score (nSPS) is 16.9. The molecule has 126 valence electrons. The number of aryl methyl sites for hydroxylation is 1. The quantitative estimate of drug-likeness (QED) is 0.748. The highest BCUT2D eigenvalue weighted by molar-refractivity contribution is 7.17. The van der Waals surface area contributed by atoms with Crippen LogP contribution in [0.4, 0.5) is 0 Å². The van der Waals surface area contributed by atoms with Gasteiger partial charge in [-0.1, -0.05) is 42.0 Å². The summed E-state index contributed by atoms with van der Waals surface area (Å²) < 4.78 is 1.58. The first kappa shape index (κ1) is 15.9. The van der Waals surface area contributed by atoms with Crippen LogP contribution in [0.2, 0.25) is 5.02 Å². The third-order valence-electron chi connectivity index (χ3n) is 4.68. The highest BCUT2D eigenvalue weighted by atomic mass is 35.5. The van der Waals surface area contributed by atoms with Gasteiger partial charge in [0.25, 0.3) is 0 Å². The van der Waals surface area contributed by atoms with E-state index < -0.39 is 0 Å². The van der Waals surface area contributed by atoms with Crippen molar-refractivity contribution >= 4 is 27.9 Å². The average Bonchev–Trinajstić information content (AvgIpc) is 3.29. The number of nitrogens with one attached hydrogen (secondary N) is 1. The lowest BCUT2D eigenvalue weighted by Crippen LogP contribution is -3.10. The molecule has 0 amide bonds. The molecule has 1 atom stereocenters. The van der Waals surface area contributed by atoms with E-state index in [4.69, 9.17) is 11.6 Å². The van der Waals surface area contributed by atoms with Gasteiger partial charge in [-0.15, -0.1) is 5.10 Å². The van der Waals surface area contributed by atoms with E-state index in [-0.39, 0.29) is 11.9 Å². The summed E-state index contributed by atoms with van der Waals surface area (Å²) in [6.07, 6.45) is 3.21. The van der Waals surface area contributed by atoms with E-state index in [0.717, 1.165) is 40.2 Å². The fraction of sp³-hybridized carbons (Fsp3) is 0.412. The topological polar surface area (TPSA) is 54.9 Å². The highest BCUT2D eigenvalue weighted by Gasteiger charge is 2.34. The molecule has 0 bridgehead atoms. The van der Waals surface area contributed by atoms with Gasteiger partial charge in [0.2, 0.25) is 10.8 Å². The van der Waals surface area contributed by atoms with Gasteiger partial charge in [0.15, 0.2) is 11.9 Å². The maximum Gasteiger partial charge on any atom is 0.235 e. The number of rotatable bonds is 4. The van der Waals surface area contributed by atoms with Crippen molar-refractivity contribution in [1.29, 1.82) is 0 Å². The molecular weight excluding hydrogens is 344 g/mol. The number of likely N-dealkylation sites (tertiary alicyclic amines) is 1. The van der Waals surface area contributed by atoms with Crippen molar-refractivity contribution in [3.05, 3.63) is 45.6 Å².